The molecule has 4 nitrogen and oxygen atoms in total. The van der Waals surface area contributed by atoms with Crippen LogP contribution in [0.3, 0.4) is 0 Å². The van der Waals surface area contributed by atoms with Gasteiger partial charge in [-0.2, -0.15) is 0 Å². The summed E-state index contributed by atoms with van der Waals surface area (Å²) in [4.78, 5) is 14.2. The topological polar surface area (TPSA) is 44.4 Å². The Morgan fingerprint density at radius 3 is 2.59 bits per heavy atom. The zero-order valence-electron chi connectivity index (χ0n) is 11.5. The van der Waals surface area contributed by atoms with Gasteiger partial charge in [0.05, 0.1) is 6.54 Å². The number of carbonyl (C=O) groups excluding carboxylic acids is 1. The quantitative estimate of drug-likeness (QED) is 0.666. The van der Waals surface area contributed by atoms with Crippen molar-refractivity contribution in [2.24, 2.45) is 0 Å². The van der Waals surface area contributed by atoms with Crippen molar-refractivity contribution in [2.75, 3.05) is 26.2 Å². The van der Waals surface area contributed by atoms with Gasteiger partial charge in [0.15, 0.2) is 0 Å². The molecule has 1 saturated heterocycles. The van der Waals surface area contributed by atoms with Crippen molar-refractivity contribution >= 4 is 5.91 Å². The second-order valence-corrected chi connectivity index (χ2v) is 5.04. The maximum absolute atomic E-state index is 11.9. The molecule has 0 bridgehead atoms. The Hall–Kier alpha value is -0.610. The molecule has 17 heavy (non-hydrogen) atoms. The lowest BCUT2D eigenvalue weighted by molar-refractivity contribution is -0.123. The molecule has 100 valence electrons. The van der Waals surface area contributed by atoms with Crippen molar-refractivity contribution < 1.29 is 4.79 Å². The number of carbonyl (C=O) groups is 1. The molecule has 2 N–H and O–H groups in total. The van der Waals surface area contributed by atoms with Gasteiger partial charge >= 0.3 is 0 Å². The molecule has 0 aromatic heterocycles. The standard InChI is InChI=1S/C13H27N3O/c1-4-6-11(3)15-13(17)10-16(7-5-2)12-8-14-9-12/h11-12,14H,4-10H2,1-3H3,(H,15,17). The van der Waals surface area contributed by atoms with Gasteiger partial charge in [-0.15, -0.1) is 0 Å². The Bertz CT molecular complexity index is 229. The van der Waals surface area contributed by atoms with Crippen LogP contribution in [0.5, 0.6) is 0 Å². The van der Waals surface area contributed by atoms with E-state index in [9.17, 15) is 4.79 Å². The molecule has 0 aromatic rings. The maximum Gasteiger partial charge on any atom is 0.234 e. The zero-order valence-corrected chi connectivity index (χ0v) is 11.5. The molecule has 1 atom stereocenters. The minimum absolute atomic E-state index is 0.173. The Balaban J connectivity index is 2.30. The van der Waals surface area contributed by atoms with Crippen molar-refractivity contribution in [3.63, 3.8) is 0 Å². The monoisotopic (exact) mass is 241 g/mol. The van der Waals surface area contributed by atoms with Crippen LogP contribution in [-0.2, 0) is 4.79 Å². The van der Waals surface area contributed by atoms with Gasteiger partial charge in [-0.05, 0) is 26.3 Å². The smallest absolute Gasteiger partial charge is 0.234 e. The minimum atomic E-state index is 0.173. The van der Waals surface area contributed by atoms with Crippen LogP contribution in [-0.4, -0.2) is 49.1 Å². The molecule has 0 aliphatic carbocycles. The highest BCUT2D eigenvalue weighted by molar-refractivity contribution is 5.78. The Morgan fingerprint density at radius 1 is 1.41 bits per heavy atom. The summed E-state index contributed by atoms with van der Waals surface area (Å²) in [5, 5.41) is 6.33. The van der Waals surface area contributed by atoms with Crippen molar-refractivity contribution in [1.29, 1.82) is 0 Å². The first-order valence-electron chi connectivity index (χ1n) is 6.91. The van der Waals surface area contributed by atoms with Crippen molar-refractivity contribution in [3.8, 4) is 0 Å². The van der Waals surface area contributed by atoms with Crippen LogP contribution in [0.15, 0.2) is 0 Å². The normalized spacial score (nSPS) is 17.9. The van der Waals surface area contributed by atoms with E-state index in [0.29, 0.717) is 18.6 Å². The summed E-state index contributed by atoms with van der Waals surface area (Å²) in [6.07, 6.45) is 3.28. The molecule has 0 aromatic carbocycles. The first-order valence-corrected chi connectivity index (χ1v) is 6.91. The van der Waals surface area contributed by atoms with Gasteiger partial charge in [0.25, 0.3) is 0 Å². The molecule has 0 spiro atoms. The average Bonchev–Trinajstić information content (AvgIpc) is 2.14. The second-order valence-electron chi connectivity index (χ2n) is 5.04. The molecule has 1 aliphatic heterocycles. The van der Waals surface area contributed by atoms with E-state index in [4.69, 9.17) is 0 Å². The van der Waals surface area contributed by atoms with Crippen LogP contribution in [0.2, 0.25) is 0 Å². The van der Waals surface area contributed by atoms with Crippen molar-refractivity contribution in [2.45, 2.75) is 52.1 Å². The highest BCUT2D eigenvalue weighted by atomic mass is 16.2. The van der Waals surface area contributed by atoms with E-state index in [1.54, 1.807) is 0 Å². The molecule has 4 heteroatoms. The number of amides is 1. The van der Waals surface area contributed by atoms with Crippen LogP contribution in [0.25, 0.3) is 0 Å². The number of rotatable bonds is 8. The molecule has 0 saturated carbocycles. The molecule has 1 rings (SSSR count). The predicted molar refractivity (Wildman–Crippen MR) is 71.0 cm³/mol. The van der Waals surface area contributed by atoms with Gasteiger partial charge in [0, 0.05) is 25.2 Å². The molecule has 1 unspecified atom stereocenters. The lowest BCUT2D eigenvalue weighted by Crippen LogP contribution is -2.59. The summed E-state index contributed by atoms with van der Waals surface area (Å²) in [5.74, 6) is 0.173. The molecule has 0 radical (unpaired) electrons. The first kappa shape index (κ1) is 14.5. The highest BCUT2D eigenvalue weighted by Gasteiger charge is 2.25. The van der Waals surface area contributed by atoms with Gasteiger partial charge in [-0.25, -0.2) is 0 Å². The lowest BCUT2D eigenvalue weighted by atomic mass is 10.1. The number of hydrogen-bond donors (Lipinski definition) is 2. The van der Waals surface area contributed by atoms with E-state index in [-0.39, 0.29) is 5.91 Å². The van der Waals surface area contributed by atoms with Gasteiger partial charge in [0.1, 0.15) is 0 Å². The number of nitrogens with one attached hydrogen (secondary N) is 2. The predicted octanol–water partition coefficient (Wildman–Crippen LogP) is 0.975. The van der Waals surface area contributed by atoms with E-state index in [0.717, 1.165) is 38.9 Å². The third kappa shape index (κ3) is 5.04. The lowest BCUT2D eigenvalue weighted by Gasteiger charge is -2.37. The fourth-order valence-corrected chi connectivity index (χ4v) is 2.22. The van der Waals surface area contributed by atoms with Gasteiger partial charge in [0.2, 0.25) is 5.91 Å². The number of nitrogens with zero attached hydrogens (tertiary/aromatic N) is 1. The highest BCUT2D eigenvalue weighted by Crippen LogP contribution is 2.05. The van der Waals surface area contributed by atoms with Gasteiger partial charge < -0.3 is 10.6 Å². The fraction of sp³-hybridized carbons (Fsp3) is 0.923. The molecular weight excluding hydrogens is 214 g/mol. The first-order chi connectivity index (χ1) is 8.17. The largest absolute Gasteiger partial charge is 0.353 e. The van der Waals surface area contributed by atoms with E-state index in [2.05, 4.69) is 36.3 Å². The van der Waals surface area contributed by atoms with Gasteiger partial charge in [-0.1, -0.05) is 20.3 Å². The van der Waals surface area contributed by atoms with E-state index in [1.807, 2.05) is 0 Å². The van der Waals surface area contributed by atoms with E-state index < -0.39 is 0 Å². The van der Waals surface area contributed by atoms with Crippen molar-refractivity contribution in [1.82, 2.24) is 15.5 Å². The molecular formula is C13H27N3O. The minimum Gasteiger partial charge on any atom is -0.353 e. The fourth-order valence-electron chi connectivity index (χ4n) is 2.22. The summed E-state index contributed by atoms with van der Waals surface area (Å²) in [5.41, 5.74) is 0. The van der Waals surface area contributed by atoms with Crippen LogP contribution in [0.1, 0.15) is 40.0 Å². The van der Waals surface area contributed by atoms with Crippen LogP contribution in [0, 0.1) is 0 Å². The third-order valence-electron chi connectivity index (χ3n) is 3.26. The zero-order chi connectivity index (χ0) is 12.7. The van der Waals surface area contributed by atoms with Gasteiger partial charge in [-0.3, -0.25) is 9.69 Å². The Morgan fingerprint density at radius 2 is 2.12 bits per heavy atom. The molecule has 1 aliphatic rings. The van der Waals surface area contributed by atoms with Crippen molar-refractivity contribution in [3.05, 3.63) is 0 Å². The SMILES string of the molecule is CCCC(C)NC(=O)CN(CCC)C1CNC1. The Labute approximate surface area is 105 Å². The van der Waals surface area contributed by atoms with Crippen LogP contribution in [0.4, 0.5) is 0 Å². The van der Waals surface area contributed by atoms with Crippen LogP contribution >= 0.6 is 0 Å². The molecule has 1 fully saturated rings. The Kier molecular flexibility index (Phi) is 6.52. The second kappa shape index (κ2) is 7.67. The average molecular weight is 241 g/mol. The van der Waals surface area contributed by atoms with E-state index in [1.165, 1.54) is 0 Å². The summed E-state index contributed by atoms with van der Waals surface area (Å²) in [6, 6.07) is 0.859. The number of hydrogen-bond acceptors (Lipinski definition) is 3. The molecule has 1 heterocycles. The summed E-state index contributed by atoms with van der Waals surface area (Å²) in [7, 11) is 0. The molecule has 1 amide bonds. The summed E-state index contributed by atoms with van der Waals surface area (Å²) >= 11 is 0. The van der Waals surface area contributed by atoms with E-state index >= 15 is 0 Å². The third-order valence-corrected chi connectivity index (χ3v) is 3.26. The summed E-state index contributed by atoms with van der Waals surface area (Å²) < 4.78 is 0. The maximum atomic E-state index is 11.9. The van der Waals surface area contributed by atoms with Crippen LogP contribution < -0.4 is 10.6 Å². The summed E-state index contributed by atoms with van der Waals surface area (Å²) in [6.45, 7) is 10.0.